The molecule has 0 bridgehead atoms. The molecule has 22 heavy (non-hydrogen) atoms. The molecule has 0 radical (unpaired) electrons. The Morgan fingerprint density at radius 2 is 1.73 bits per heavy atom. The molecule has 0 aliphatic heterocycles. The zero-order valence-electron chi connectivity index (χ0n) is 11.8. The van der Waals surface area contributed by atoms with Gasteiger partial charge < -0.3 is 10.1 Å². The normalized spacial score (nSPS) is 11.1. The van der Waals surface area contributed by atoms with Crippen molar-refractivity contribution < 1.29 is 22.7 Å². The van der Waals surface area contributed by atoms with E-state index in [0.29, 0.717) is 5.69 Å². The highest BCUT2D eigenvalue weighted by molar-refractivity contribution is 5.92. The number of alkyl halides is 3. The van der Waals surface area contributed by atoms with Crippen LogP contribution < -0.4 is 10.1 Å². The van der Waals surface area contributed by atoms with E-state index in [9.17, 15) is 18.0 Å². The number of halogens is 3. The zero-order chi connectivity index (χ0) is 16.2. The van der Waals surface area contributed by atoms with E-state index in [4.69, 9.17) is 0 Å². The van der Waals surface area contributed by atoms with E-state index in [1.54, 1.807) is 0 Å². The van der Waals surface area contributed by atoms with Crippen LogP contribution >= 0.6 is 0 Å². The smallest absolute Gasteiger partial charge is 0.406 e. The molecule has 0 aliphatic carbocycles. The number of ether oxygens (including phenoxy) is 1. The number of rotatable bonds is 4. The summed E-state index contributed by atoms with van der Waals surface area (Å²) in [6, 6.07) is 12.5. The highest BCUT2D eigenvalue weighted by Crippen LogP contribution is 2.24. The SMILES string of the molecule is Cc1ccccc1CC(=O)Nc1ccc(OC(F)(F)F)cc1. The minimum atomic E-state index is -4.73. The number of amides is 1. The maximum absolute atomic E-state index is 12.0. The lowest BCUT2D eigenvalue weighted by Gasteiger charge is -2.10. The number of benzene rings is 2. The summed E-state index contributed by atoms with van der Waals surface area (Å²) in [5.41, 5.74) is 2.32. The maximum Gasteiger partial charge on any atom is 0.573 e. The third-order valence-electron chi connectivity index (χ3n) is 2.98. The van der Waals surface area contributed by atoms with Crippen LogP contribution in [0.15, 0.2) is 48.5 Å². The van der Waals surface area contributed by atoms with Crippen molar-refractivity contribution in [2.24, 2.45) is 0 Å². The van der Waals surface area contributed by atoms with E-state index in [2.05, 4.69) is 10.1 Å². The average molecular weight is 309 g/mol. The van der Waals surface area contributed by atoms with E-state index >= 15 is 0 Å². The van der Waals surface area contributed by atoms with Crippen molar-refractivity contribution in [1.82, 2.24) is 0 Å². The second-order valence-corrected chi connectivity index (χ2v) is 4.72. The van der Waals surface area contributed by atoms with Gasteiger partial charge in [0.05, 0.1) is 6.42 Å². The Morgan fingerprint density at radius 1 is 1.09 bits per heavy atom. The number of carbonyl (C=O) groups is 1. The quantitative estimate of drug-likeness (QED) is 0.924. The molecule has 1 amide bonds. The molecule has 2 rings (SSSR count). The van der Waals surface area contributed by atoms with Crippen LogP contribution in [0.5, 0.6) is 5.75 Å². The lowest BCUT2D eigenvalue weighted by molar-refractivity contribution is -0.274. The molecular formula is C16H14F3NO2. The van der Waals surface area contributed by atoms with Gasteiger partial charge in [0.25, 0.3) is 0 Å². The minimum Gasteiger partial charge on any atom is -0.406 e. The largest absolute Gasteiger partial charge is 0.573 e. The molecule has 6 heteroatoms. The van der Waals surface area contributed by atoms with E-state index in [-0.39, 0.29) is 18.1 Å². The average Bonchev–Trinajstić information content (AvgIpc) is 2.42. The first-order chi connectivity index (χ1) is 10.3. The number of hydrogen-bond acceptors (Lipinski definition) is 2. The van der Waals surface area contributed by atoms with Gasteiger partial charge in [0, 0.05) is 5.69 Å². The Balaban J connectivity index is 1.96. The number of nitrogens with one attached hydrogen (secondary N) is 1. The van der Waals surface area contributed by atoms with E-state index < -0.39 is 6.36 Å². The van der Waals surface area contributed by atoms with Gasteiger partial charge in [-0.05, 0) is 42.3 Å². The van der Waals surface area contributed by atoms with Crippen LogP contribution in [0.2, 0.25) is 0 Å². The molecule has 2 aromatic carbocycles. The molecule has 0 aliphatic rings. The molecule has 2 aromatic rings. The summed E-state index contributed by atoms with van der Waals surface area (Å²) in [5.74, 6) is -0.566. The molecule has 1 N–H and O–H groups in total. The van der Waals surface area contributed by atoms with Crippen molar-refractivity contribution >= 4 is 11.6 Å². The number of aryl methyl sites for hydroxylation is 1. The monoisotopic (exact) mass is 309 g/mol. The van der Waals surface area contributed by atoms with Crippen molar-refractivity contribution in [3.8, 4) is 5.75 Å². The Hall–Kier alpha value is -2.50. The lowest BCUT2D eigenvalue weighted by atomic mass is 10.1. The van der Waals surface area contributed by atoms with Gasteiger partial charge in [-0.2, -0.15) is 0 Å². The third-order valence-corrected chi connectivity index (χ3v) is 2.98. The van der Waals surface area contributed by atoms with Crippen LogP contribution in [0.25, 0.3) is 0 Å². The molecule has 0 saturated carbocycles. The Labute approximate surface area is 125 Å². The van der Waals surface area contributed by atoms with Crippen molar-refractivity contribution in [3.05, 3.63) is 59.7 Å². The summed E-state index contributed by atoms with van der Waals surface area (Å²) >= 11 is 0. The Kier molecular flexibility index (Phi) is 4.70. The Bertz CT molecular complexity index is 651. The third kappa shape index (κ3) is 4.80. The first-order valence-electron chi connectivity index (χ1n) is 6.54. The second-order valence-electron chi connectivity index (χ2n) is 4.72. The molecule has 116 valence electrons. The maximum atomic E-state index is 12.0. The van der Waals surface area contributed by atoms with Gasteiger partial charge in [-0.15, -0.1) is 13.2 Å². The Morgan fingerprint density at radius 3 is 2.32 bits per heavy atom. The second kappa shape index (κ2) is 6.51. The fourth-order valence-electron chi connectivity index (χ4n) is 1.93. The van der Waals surface area contributed by atoms with Gasteiger partial charge in [-0.1, -0.05) is 24.3 Å². The summed E-state index contributed by atoms with van der Waals surface area (Å²) in [4.78, 5) is 11.9. The highest BCUT2D eigenvalue weighted by Gasteiger charge is 2.30. The van der Waals surface area contributed by atoms with Crippen molar-refractivity contribution in [2.45, 2.75) is 19.7 Å². The number of carbonyl (C=O) groups excluding carboxylic acids is 1. The van der Waals surface area contributed by atoms with Crippen molar-refractivity contribution in [3.63, 3.8) is 0 Å². The summed E-state index contributed by atoms with van der Waals surface area (Å²) in [6.45, 7) is 1.91. The molecule has 0 aromatic heterocycles. The van der Waals surface area contributed by atoms with Crippen LogP contribution in [0.3, 0.4) is 0 Å². The van der Waals surface area contributed by atoms with Gasteiger partial charge in [-0.3, -0.25) is 4.79 Å². The van der Waals surface area contributed by atoms with Crippen molar-refractivity contribution in [1.29, 1.82) is 0 Å². The zero-order valence-corrected chi connectivity index (χ0v) is 11.8. The predicted molar refractivity (Wildman–Crippen MR) is 76.6 cm³/mol. The van der Waals surface area contributed by atoms with Crippen LogP contribution in [-0.2, 0) is 11.2 Å². The number of hydrogen-bond donors (Lipinski definition) is 1. The molecule has 0 atom stereocenters. The first kappa shape index (κ1) is 15.9. The van der Waals surface area contributed by atoms with Crippen molar-refractivity contribution in [2.75, 3.05) is 5.32 Å². The van der Waals surface area contributed by atoms with Gasteiger partial charge in [0.15, 0.2) is 0 Å². The topological polar surface area (TPSA) is 38.3 Å². The summed E-state index contributed by atoms with van der Waals surface area (Å²) in [7, 11) is 0. The lowest BCUT2D eigenvalue weighted by Crippen LogP contribution is -2.17. The van der Waals surface area contributed by atoms with Gasteiger partial charge in [0.1, 0.15) is 5.75 Å². The summed E-state index contributed by atoms with van der Waals surface area (Å²) in [5, 5.41) is 2.63. The summed E-state index contributed by atoms with van der Waals surface area (Å²) in [6.07, 6.45) is -4.52. The predicted octanol–water partition coefficient (Wildman–Crippen LogP) is 4.07. The minimum absolute atomic E-state index is 0.202. The number of anilines is 1. The van der Waals surface area contributed by atoms with E-state index in [1.807, 2.05) is 31.2 Å². The fourth-order valence-corrected chi connectivity index (χ4v) is 1.93. The molecule has 0 unspecified atom stereocenters. The van der Waals surface area contributed by atoms with E-state index in [0.717, 1.165) is 23.3 Å². The van der Waals surface area contributed by atoms with Crippen LogP contribution in [-0.4, -0.2) is 12.3 Å². The van der Waals surface area contributed by atoms with Gasteiger partial charge in [-0.25, -0.2) is 0 Å². The van der Waals surface area contributed by atoms with E-state index in [1.165, 1.54) is 12.1 Å². The van der Waals surface area contributed by atoms with Gasteiger partial charge in [0.2, 0.25) is 5.91 Å². The molecule has 3 nitrogen and oxygen atoms in total. The van der Waals surface area contributed by atoms with Gasteiger partial charge >= 0.3 is 6.36 Å². The molecule has 0 saturated heterocycles. The van der Waals surface area contributed by atoms with Crippen LogP contribution in [0, 0.1) is 6.92 Å². The van der Waals surface area contributed by atoms with Crippen LogP contribution in [0.4, 0.5) is 18.9 Å². The standard InChI is InChI=1S/C16H14F3NO2/c1-11-4-2-3-5-12(11)10-15(21)20-13-6-8-14(9-7-13)22-16(17,18)19/h2-9H,10H2,1H3,(H,20,21). The highest BCUT2D eigenvalue weighted by atomic mass is 19.4. The van der Waals surface area contributed by atoms with Crippen LogP contribution in [0.1, 0.15) is 11.1 Å². The molecular weight excluding hydrogens is 295 g/mol. The molecule has 0 heterocycles. The summed E-state index contributed by atoms with van der Waals surface area (Å²) < 4.78 is 39.9. The fraction of sp³-hybridized carbons (Fsp3) is 0.188. The molecule has 0 spiro atoms. The first-order valence-corrected chi connectivity index (χ1v) is 6.54. The molecule has 0 fully saturated rings.